The van der Waals surface area contributed by atoms with Crippen LogP contribution in [0.4, 0.5) is 0 Å². The highest BCUT2D eigenvalue weighted by atomic mass is 16.6. The zero-order valence-electron chi connectivity index (χ0n) is 34.1. The number of hydrogen-bond donors (Lipinski definition) is 3. The molecular formula is C44H58N2O11. The SMILES string of the molecule is C/C=C/[C@H](O)C(C)(C)[C@@H]1C\C=C/C=C\C=C\[C@H](OC)Cc2nc(co2)C(=O)O[C@H](C(C)(C)[C@@H](O)/C=C/C)C/C=C\[C@@H](O)/C=C/C(OC)/C=C\c2nc(co2)C(=O)O1. The number of methoxy groups -OCH3 is 2. The number of aliphatic hydroxyl groups excluding tert-OH is 3. The molecule has 7 atom stereocenters. The van der Waals surface area contributed by atoms with Crippen molar-refractivity contribution in [3.8, 4) is 0 Å². The largest absolute Gasteiger partial charge is 0.457 e. The minimum atomic E-state index is -1.03. The first-order valence-corrected chi connectivity index (χ1v) is 18.9. The number of oxazole rings is 2. The quantitative estimate of drug-likeness (QED) is 0.186. The van der Waals surface area contributed by atoms with Gasteiger partial charge < -0.3 is 43.1 Å². The average molecular weight is 791 g/mol. The number of cyclic esters (lactones) is 2. The van der Waals surface area contributed by atoms with E-state index in [9.17, 15) is 24.9 Å². The van der Waals surface area contributed by atoms with Crippen LogP contribution in [0.25, 0.3) is 6.08 Å². The lowest BCUT2D eigenvalue weighted by Crippen LogP contribution is -2.42. The third-order valence-electron chi connectivity index (χ3n) is 9.63. The lowest BCUT2D eigenvalue weighted by molar-refractivity contribution is -0.0461. The summed E-state index contributed by atoms with van der Waals surface area (Å²) in [4.78, 5) is 35.2. The van der Waals surface area contributed by atoms with Gasteiger partial charge >= 0.3 is 11.9 Å². The Morgan fingerprint density at radius 2 is 1.32 bits per heavy atom. The highest BCUT2D eigenvalue weighted by molar-refractivity contribution is 5.87. The molecule has 0 saturated carbocycles. The second-order valence-electron chi connectivity index (χ2n) is 14.6. The van der Waals surface area contributed by atoms with Crippen LogP contribution in [0.15, 0.2) is 113 Å². The van der Waals surface area contributed by atoms with E-state index in [1.165, 1.54) is 37.9 Å². The van der Waals surface area contributed by atoms with Gasteiger partial charge in [-0.15, -0.1) is 0 Å². The van der Waals surface area contributed by atoms with E-state index in [-0.39, 0.29) is 36.0 Å². The number of hydrogen-bond acceptors (Lipinski definition) is 13. The standard InChI is InChI=1S/C44H58N2O11/c1-9-17-35(48)43(3,4)37-21-15-13-11-12-14-20-32(53-8)27-40-46-34(29-55-40)42(51)57-38(44(5,6)36(49)18-10-2)22-16-19-30(47)23-24-31(52-7)25-26-39-45-33(28-54-39)41(50)56-37/h9-20,23-26,28-32,35-38,47-49H,21-22,27H2,1-8H3/b12-11-,15-13-,17-9+,18-10+,19-16-,20-14+,24-23+,26-25-/t30-,31?,32+,35+,36+,37+,38+/m1/s1. The fourth-order valence-electron chi connectivity index (χ4n) is 5.61. The highest BCUT2D eigenvalue weighted by Crippen LogP contribution is 2.33. The first kappa shape index (κ1) is 46.5. The summed E-state index contributed by atoms with van der Waals surface area (Å²) < 4.78 is 34.0. The van der Waals surface area contributed by atoms with Gasteiger partial charge in [0.2, 0.25) is 5.89 Å². The summed E-state index contributed by atoms with van der Waals surface area (Å²) >= 11 is 0. The van der Waals surface area contributed by atoms with Crippen molar-refractivity contribution in [1.29, 1.82) is 0 Å². The number of allylic oxidation sites excluding steroid dienone is 6. The maximum Gasteiger partial charge on any atom is 0.360 e. The number of aromatic nitrogens is 2. The topological polar surface area (TPSA) is 184 Å². The number of nitrogens with zero attached hydrogens (tertiary/aromatic N) is 2. The fraction of sp³-hybridized carbons (Fsp3) is 0.455. The molecule has 0 aromatic carbocycles. The number of esters is 2. The molecule has 4 bridgehead atoms. The van der Waals surface area contributed by atoms with Gasteiger partial charge in [-0.05, 0) is 26.0 Å². The molecule has 0 aliphatic carbocycles. The van der Waals surface area contributed by atoms with E-state index in [0.29, 0.717) is 6.42 Å². The molecule has 57 heavy (non-hydrogen) atoms. The summed E-state index contributed by atoms with van der Waals surface area (Å²) in [5.41, 5.74) is -1.88. The molecule has 1 unspecified atom stereocenters. The van der Waals surface area contributed by atoms with Gasteiger partial charge in [-0.3, -0.25) is 0 Å². The Morgan fingerprint density at radius 1 is 0.737 bits per heavy atom. The summed E-state index contributed by atoms with van der Waals surface area (Å²) in [7, 11) is 3.03. The Kier molecular flexibility index (Phi) is 18.5. The lowest BCUT2D eigenvalue weighted by Gasteiger charge is -2.36. The number of fused-ring (bicyclic) bond motifs is 4. The van der Waals surface area contributed by atoms with E-state index in [1.54, 1.807) is 108 Å². The molecule has 0 amide bonds. The normalized spacial score (nSPS) is 27.2. The molecule has 1 aliphatic heterocycles. The van der Waals surface area contributed by atoms with Crippen LogP contribution in [-0.2, 0) is 25.4 Å². The van der Waals surface area contributed by atoms with Gasteiger partial charge in [-0.1, -0.05) is 113 Å². The van der Waals surface area contributed by atoms with Crippen molar-refractivity contribution in [2.75, 3.05) is 14.2 Å². The second kappa shape index (κ2) is 22.7. The van der Waals surface area contributed by atoms with Crippen LogP contribution >= 0.6 is 0 Å². The van der Waals surface area contributed by atoms with Crippen LogP contribution in [0, 0.1) is 10.8 Å². The Hall–Kier alpha value is -4.92. The van der Waals surface area contributed by atoms with Crippen molar-refractivity contribution < 1.29 is 52.7 Å². The smallest absolute Gasteiger partial charge is 0.360 e. The Labute approximate surface area is 335 Å². The number of carbonyl (C=O) groups is 2. The number of aliphatic hydroxyl groups is 3. The van der Waals surface area contributed by atoms with Crippen LogP contribution in [-0.4, -0.2) is 94.2 Å². The van der Waals surface area contributed by atoms with Crippen molar-refractivity contribution in [2.24, 2.45) is 10.8 Å². The predicted molar refractivity (Wildman–Crippen MR) is 216 cm³/mol. The molecule has 13 nitrogen and oxygen atoms in total. The molecule has 1 aliphatic rings. The van der Waals surface area contributed by atoms with Gasteiger partial charge in [0, 0.05) is 37.9 Å². The molecule has 3 N–H and O–H groups in total. The highest BCUT2D eigenvalue weighted by Gasteiger charge is 2.39. The van der Waals surface area contributed by atoms with E-state index in [4.69, 9.17) is 27.8 Å². The van der Waals surface area contributed by atoms with Crippen molar-refractivity contribution in [3.63, 3.8) is 0 Å². The monoisotopic (exact) mass is 790 g/mol. The van der Waals surface area contributed by atoms with Crippen molar-refractivity contribution >= 4 is 18.0 Å². The van der Waals surface area contributed by atoms with Crippen molar-refractivity contribution in [1.82, 2.24) is 9.97 Å². The number of rotatable bonds is 8. The number of ether oxygens (including phenoxy) is 4. The van der Waals surface area contributed by atoms with Crippen LogP contribution in [0.2, 0.25) is 0 Å². The van der Waals surface area contributed by atoms with E-state index >= 15 is 0 Å². The summed E-state index contributed by atoms with van der Waals surface area (Å²) in [6.07, 6.45) is 24.7. The average Bonchev–Trinajstić information content (AvgIpc) is 3.86. The fourth-order valence-corrected chi connectivity index (χ4v) is 5.61. The van der Waals surface area contributed by atoms with Crippen LogP contribution in [0.3, 0.4) is 0 Å². The van der Waals surface area contributed by atoms with Crippen LogP contribution in [0.1, 0.15) is 87.1 Å². The third kappa shape index (κ3) is 14.2. The van der Waals surface area contributed by atoms with Gasteiger partial charge in [-0.25, -0.2) is 19.6 Å². The van der Waals surface area contributed by atoms with Gasteiger partial charge in [0.25, 0.3) is 0 Å². The predicted octanol–water partition coefficient (Wildman–Crippen LogP) is 6.86. The minimum absolute atomic E-state index is 0.0353. The molecule has 0 radical (unpaired) electrons. The first-order valence-electron chi connectivity index (χ1n) is 18.9. The maximum atomic E-state index is 13.3. The van der Waals surface area contributed by atoms with Crippen molar-refractivity contribution in [2.45, 2.75) is 104 Å². The van der Waals surface area contributed by atoms with Gasteiger partial charge in [0.05, 0.1) is 36.9 Å². The van der Waals surface area contributed by atoms with E-state index in [0.717, 1.165) is 0 Å². The molecule has 0 saturated heterocycles. The van der Waals surface area contributed by atoms with Crippen LogP contribution in [0.5, 0.6) is 0 Å². The van der Waals surface area contributed by atoms with Gasteiger partial charge in [0.1, 0.15) is 24.7 Å². The zero-order valence-corrected chi connectivity index (χ0v) is 34.1. The van der Waals surface area contributed by atoms with Crippen molar-refractivity contribution in [3.05, 3.63) is 127 Å². The van der Waals surface area contributed by atoms with Crippen LogP contribution < -0.4 is 0 Å². The Morgan fingerprint density at radius 3 is 1.91 bits per heavy atom. The molecule has 2 aromatic heterocycles. The Bertz CT molecular complexity index is 1810. The molecular weight excluding hydrogens is 732 g/mol. The molecule has 0 spiro atoms. The molecule has 13 heteroatoms. The third-order valence-corrected chi connectivity index (χ3v) is 9.63. The van der Waals surface area contributed by atoms with E-state index < -0.39 is 65.5 Å². The van der Waals surface area contributed by atoms with Gasteiger partial charge in [-0.2, -0.15) is 0 Å². The summed E-state index contributed by atoms with van der Waals surface area (Å²) in [6.45, 7) is 10.8. The summed E-state index contributed by atoms with van der Waals surface area (Å²) in [6, 6.07) is 0. The molecule has 3 rings (SSSR count). The zero-order chi connectivity index (χ0) is 42.0. The van der Waals surface area contributed by atoms with E-state index in [1.807, 2.05) is 19.9 Å². The molecule has 3 heterocycles. The van der Waals surface area contributed by atoms with E-state index in [2.05, 4.69) is 9.97 Å². The maximum absolute atomic E-state index is 13.3. The minimum Gasteiger partial charge on any atom is -0.457 e. The lowest BCUT2D eigenvalue weighted by atomic mass is 9.79. The molecule has 310 valence electrons. The molecule has 0 fully saturated rings. The second-order valence-corrected chi connectivity index (χ2v) is 14.6. The first-order chi connectivity index (χ1) is 27.2. The summed E-state index contributed by atoms with van der Waals surface area (Å²) in [5, 5.41) is 32.5. The molecule has 2 aromatic rings. The van der Waals surface area contributed by atoms with Gasteiger partial charge in [0.15, 0.2) is 17.3 Å². The number of carbonyl (C=O) groups excluding carboxylic acids is 2. The Balaban J connectivity index is 1.96. The summed E-state index contributed by atoms with van der Waals surface area (Å²) in [5.74, 6) is -1.06.